The minimum absolute atomic E-state index is 0.647. The van der Waals surface area contributed by atoms with E-state index in [-0.39, 0.29) is 0 Å². The molecule has 3 heteroatoms. The summed E-state index contributed by atoms with van der Waals surface area (Å²) in [7, 11) is 0. The second-order valence-corrected chi connectivity index (χ2v) is 17.5. The summed E-state index contributed by atoms with van der Waals surface area (Å²) in [6, 6.07) is 0. The smallest absolute Gasteiger partial charge is 0.160 e. The fourth-order valence-corrected chi connectivity index (χ4v) is 0. The van der Waals surface area contributed by atoms with Crippen LogP contribution in [0.1, 0.15) is 0 Å². The zero-order valence-electron chi connectivity index (χ0n) is 4.29. The quantitative estimate of drug-likeness (QED) is 0.373. The maximum atomic E-state index is 10.1. The molecule has 0 fully saturated rings. The molecular formula is C3H9IOSi. The van der Waals surface area contributed by atoms with Crippen molar-refractivity contribution >= 4 is 26.0 Å². The second kappa shape index (κ2) is 2.16. The average Bonchev–Trinajstić information content (AvgIpc) is 1.35. The molecule has 0 spiro atoms. The number of halogens is 1. The van der Waals surface area contributed by atoms with Gasteiger partial charge in [0.05, 0.1) is 0 Å². The molecular weight excluding hydrogens is 207 g/mol. The molecule has 6 heavy (non-hydrogen) atoms. The van der Waals surface area contributed by atoms with E-state index in [9.17, 15) is 3.07 Å². The van der Waals surface area contributed by atoms with Gasteiger partial charge in [-0.25, -0.2) is 0 Å². The first-order valence-electron chi connectivity index (χ1n) is 1.84. The lowest BCUT2D eigenvalue weighted by molar-refractivity contribution is 0.648. The van der Waals surface area contributed by atoms with Crippen molar-refractivity contribution < 1.29 is 3.07 Å². The molecule has 0 saturated carbocycles. The number of rotatable bonds is 1. The van der Waals surface area contributed by atoms with Crippen LogP contribution in [0.3, 0.4) is 0 Å². The summed E-state index contributed by atoms with van der Waals surface area (Å²) >= 11 is -0.647. The van der Waals surface area contributed by atoms with Crippen LogP contribution < -0.4 is 0 Å². The second-order valence-electron chi connectivity index (χ2n) is 2.14. The molecule has 0 saturated heterocycles. The van der Waals surface area contributed by atoms with Crippen molar-refractivity contribution in [1.29, 1.82) is 0 Å². The molecule has 0 aromatic heterocycles. The molecule has 0 radical (unpaired) electrons. The summed E-state index contributed by atoms with van der Waals surface area (Å²) in [5, 5.41) is 0. The van der Waals surface area contributed by atoms with E-state index >= 15 is 0 Å². The molecule has 0 rings (SSSR count). The Morgan fingerprint density at radius 3 is 1.50 bits per heavy atom. The lowest BCUT2D eigenvalue weighted by atomic mass is 11.8. The third kappa shape index (κ3) is 4.75. The Labute approximate surface area is 48.9 Å². The zero-order chi connectivity index (χ0) is 5.21. The summed E-state index contributed by atoms with van der Waals surface area (Å²) in [5.41, 5.74) is -1.08. The lowest BCUT2D eigenvalue weighted by Crippen LogP contribution is -2.07. The Morgan fingerprint density at radius 1 is 1.33 bits per heavy atom. The molecule has 0 bridgehead atoms. The number of hydrogen-bond acceptors (Lipinski definition) is 1. The van der Waals surface area contributed by atoms with Gasteiger partial charge in [-0.2, -0.15) is 0 Å². The van der Waals surface area contributed by atoms with Gasteiger partial charge in [-0.05, 0) is 0 Å². The van der Waals surface area contributed by atoms with E-state index < -0.39 is 26.0 Å². The van der Waals surface area contributed by atoms with Gasteiger partial charge in [0.1, 0.15) is 20.4 Å². The Hall–Kier alpha value is 0.747. The average molecular weight is 216 g/mol. The van der Waals surface area contributed by atoms with E-state index in [0.717, 1.165) is 0 Å². The van der Waals surface area contributed by atoms with Gasteiger partial charge >= 0.3 is 0 Å². The van der Waals surface area contributed by atoms with Crippen LogP contribution in [0.15, 0.2) is 0 Å². The van der Waals surface area contributed by atoms with Gasteiger partial charge in [0.15, 0.2) is 5.57 Å². The van der Waals surface area contributed by atoms with Crippen LogP contribution in [0.4, 0.5) is 0 Å². The summed E-state index contributed by atoms with van der Waals surface area (Å²) in [6.07, 6.45) is 0. The third-order valence-electron chi connectivity index (χ3n) is 0.231. The molecule has 0 N–H and O–H groups in total. The van der Waals surface area contributed by atoms with Gasteiger partial charge in [0.2, 0.25) is 0 Å². The highest BCUT2D eigenvalue weighted by molar-refractivity contribution is 14.2. The van der Waals surface area contributed by atoms with Gasteiger partial charge in [0.25, 0.3) is 0 Å². The van der Waals surface area contributed by atoms with Crippen molar-refractivity contribution in [3.63, 3.8) is 0 Å². The molecule has 0 atom stereocenters. The first-order valence-corrected chi connectivity index (χ1v) is 9.34. The maximum absolute atomic E-state index is 10.1. The van der Waals surface area contributed by atoms with E-state index in [4.69, 9.17) is 0 Å². The summed E-state index contributed by atoms with van der Waals surface area (Å²) in [6.45, 7) is 6.36. The van der Waals surface area contributed by atoms with Crippen LogP contribution in [0.25, 0.3) is 0 Å². The summed E-state index contributed by atoms with van der Waals surface area (Å²) < 4.78 is 10.1. The molecule has 0 aliphatic heterocycles. The highest BCUT2D eigenvalue weighted by Gasteiger charge is 2.11. The van der Waals surface area contributed by atoms with Crippen molar-refractivity contribution in [2.45, 2.75) is 19.6 Å². The zero-order valence-corrected chi connectivity index (χ0v) is 7.44. The fraction of sp³-hybridized carbons (Fsp3) is 1.00. The molecule has 0 aliphatic carbocycles. The summed E-state index contributed by atoms with van der Waals surface area (Å²) in [5.74, 6) is 0. The first kappa shape index (κ1) is 6.75. The highest BCUT2D eigenvalue weighted by atomic mass is 127. The number of hydrogen-bond donors (Lipinski definition) is 0. The maximum Gasteiger partial charge on any atom is 0.160 e. The van der Waals surface area contributed by atoms with Gasteiger partial charge < -0.3 is 0 Å². The summed E-state index contributed by atoms with van der Waals surface area (Å²) in [4.78, 5) is 0. The van der Waals surface area contributed by atoms with Crippen molar-refractivity contribution in [2.75, 3.05) is 0 Å². The first-order chi connectivity index (χ1) is 2.56. The minimum Gasteiger partial charge on any atom is -0.278 e. The van der Waals surface area contributed by atoms with Gasteiger partial charge in [0, 0.05) is 0 Å². The largest absolute Gasteiger partial charge is 0.278 e. The lowest BCUT2D eigenvalue weighted by Gasteiger charge is -1.97. The van der Waals surface area contributed by atoms with Gasteiger partial charge in [-0.15, -0.1) is 0 Å². The van der Waals surface area contributed by atoms with Crippen LogP contribution in [0, 0.1) is 0 Å². The Kier molecular flexibility index (Phi) is 2.43. The monoisotopic (exact) mass is 216 g/mol. The van der Waals surface area contributed by atoms with Crippen molar-refractivity contribution in [3.8, 4) is 0 Å². The van der Waals surface area contributed by atoms with Crippen LogP contribution in [0.2, 0.25) is 19.6 Å². The van der Waals surface area contributed by atoms with E-state index in [1.54, 1.807) is 0 Å². The Balaban J connectivity index is 3.45. The molecule has 0 aromatic rings. The Bertz CT molecular complexity index is 56.3. The van der Waals surface area contributed by atoms with Crippen molar-refractivity contribution in [2.24, 2.45) is 0 Å². The molecule has 0 aliphatic rings. The van der Waals surface area contributed by atoms with E-state index in [0.29, 0.717) is 0 Å². The standard InChI is InChI=1S/C3H9IOSi/c1-6(2,3)4-5/h1-3H3. The molecule has 1 nitrogen and oxygen atoms in total. The normalized spacial score (nSPS) is 11.8. The Morgan fingerprint density at radius 2 is 1.50 bits per heavy atom. The highest BCUT2D eigenvalue weighted by Crippen LogP contribution is 2.14. The molecule has 0 aromatic carbocycles. The van der Waals surface area contributed by atoms with Gasteiger partial charge in [-0.1, -0.05) is 19.6 Å². The van der Waals surface area contributed by atoms with Crippen molar-refractivity contribution in [1.82, 2.24) is 0 Å². The van der Waals surface area contributed by atoms with Crippen LogP contribution >= 0.6 is 20.4 Å². The topological polar surface area (TPSA) is 17.1 Å². The van der Waals surface area contributed by atoms with Crippen molar-refractivity contribution in [3.05, 3.63) is 0 Å². The van der Waals surface area contributed by atoms with Crippen LogP contribution in [-0.4, -0.2) is 5.57 Å². The molecule has 0 unspecified atom stereocenters. The molecule has 0 heterocycles. The third-order valence-corrected chi connectivity index (χ3v) is 4.66. The SMILES string of the molecule is C[Si](C)(C)I=O. The van der Waals surface area contributed by atoms with E-state index in [1.807, 2.05) is 0 Å². The molecule has 38 valence electrons. The molecule has 0 amide bonds. The minimum atomic E-state index is -1.08. The predicted octanol–water partition coefficient (Wildman–Crippen LogP) is 2.14. The van der Waals surface area contributed by atoms with E-state index in [2.05, 4.69) is 19.6 Å². The predicted molar refractivity (Wildman–Crippen MR) is 38.1 cm³/mol. The van der Waals surface area contributed by atoms with Crippen LogP contribution in [-0.2, 0) is 3.07 Å². The fourth-order valence-electron chi connectivity index (χ4n) is 0. The van der Waals surface area contributed by atoms with E-state index in [1.165, 1.54) is 0 Å². The van der Waals surface area contributed by atoms with Crippen LogP contribution in [0.5, 0.6) is 0 Å². The van der Waals surface area contributed by atoms with Gasteiger partial charge in [-0.3, -0.25) is 3.07 Å².